The van der Waals surface area contributed by atoms with E-state index in [2.05, 4.69) is 10.3 Å². The Morgan fingerprint density at radius 1 is 1.30 bits per heavy atom. The van der Waals surface area contributed by atoms with E-state index in [9.17, 15) is 10.1 Å². The van der Waals surface area contributed by atoms with Crippen molar-refractivity contribution in [3.8, 4) is 0 Å². The zero-order chi connectivity index (χ0) is 15.1. The monoisotopic (exact) mass is 301 g/mol. The first kappa shape index (κ1) is 16.7. The van der Waals surface area contributed by atoms with Gasteiger partial charge >= 0.3 is 5.69 Å². The molecule has 0 atom stereocenters. The number of aromatic nitrogens is 1. The molecular weight excluding hydrogens is 282 g/mol. The smallest absolute Gasteiger partial charge is 0.329 e. The predicted octanol–water partition coefficient (Wildman–Crippen LogP) is 3.22. The van der Waals surface area contributed by atoms with E-state index in [1.807, 2.05) is 0 Å². The van der Waals surface area contributed by atoms with Gasteiger partial charge in [-0.15, -0.1) is 0 Å². The third kappa shape index (κ3) is 4.31. The summed E-state index contributed by atoms with van der Waals surface area (Å²) in [5.41, 5.74) is 1.72. The van der Waals surface area contributed by atoms with Gasteiger partial charge in [-0.3, -0.25) is 10.1 Å². The lowest BCUT2D eigenvalue weighted by atomic mass is 10.1. The second-order valence-electron chi connectivity index (χ2n) is 4.66. The van der Waals surface area contributed by atoms with Gasteiger partial charge in [-0.2, -0.15) is 0 Å². The van der Waals surface area contributed by atoms with Crippen LogP contribution in [-0.4, -0.2) is 28.2 Å². The molecule has 6 nitrogen and oxygen atoms in total. The number of aliphatic hydroxyl groups excluding tert-OH is 1. The van der Waals surface area contributed by atoms with Crippen molar-refractivity contribution in [2.24, 2.45) is 0 Å². The highest BCUT2D eigenvalue weighted by Gasteiger charge is 2.23. The SMILES string of the molecule is Cc1nc(Cl)c([N+](=O)[O-])c(NCCCCCCO)c1C. The molecule has 2 N–H and O–H groups in total. The van der Waals surface area contributed by atoms with Gasteiger partial charge in [0.1, 0.15) is 5.69 Å². The van der Waals surface area contributed by atoms with Crippen molar-refractivity contribution in [1.29, 1.82) is 0 Å². The van der Waals surface area contributed by atoms with Gasteiger partial charge in [0, 0.05) is 24.4 Å². The Balaban J connectivity index is 2.75. The van der Waals surface area contributed by atoms with Gasteiger partial charge in [-0.05, 0) is 26.7 Å². The van der Waals surface area contributed by atoms with Gasteiger partial charge in [-0.1, -0.05) is 24.4 Å². The van der Waals surface area contributed by atoms with E-state index in [4.69, 9.17) is 16.7 Å². The van der Waals surface area contributed by atoms with Crippen LogP contribution in [0.1, 0.15) is 36.9 Å². The van der Waals surface area contributed by atoms with Crippen LogP contribution in [0.4, 0.5) is 11.4 Å². The summed E-state index contributed by atoms with van der Waals surface area (Å²) in [7, 11) is 0. The summed E-state index contributed by atoms with van der Waals surface area (Å²) in [5.74, 6) is 0. The molecule has 0 bridgehead atoms. The highest BCUT2D eigenvalue weighted by atomic mass is 35.5. The van der Waals surface area contributed by atoms with Crippen molar-refractivity contribution in [3.63, 3.8) is 0 Å². The lowest BCUT2D eigenvalue weighted by Gasteiger charge is -2.12. The molecule has 20 heavy (non-hydrogen) atoms. The predicted molar refractivity (Wildman–Crippen MR) is 79.4 cm³/mol. The second kappa shape index (κ2) is 8.01. The zero-order valence-corrected chi connectivity index (χ0v) is 12.5. The number of hydrogen-bond donors (Lipinski definition) is 2. The summed E-state index contributed by atoms with van der Waals surface area (Å²) in [6.07, 6.45) is 3.60. The van der Waals surface area contributed by atoms with Crippen LogP contribution in [0.5, 0.6) is 0 Å². The molecule has 0 aliphatic heterocycles. The molecule has 1 aromatic heterocycles. The number of nitrogens with zero attached hydrogens (tertiary/aromatic N) is 2. The van der Waals surface area contributed by atoms with Crippen LogP contribution in [-0.2, 0) is 0 Å². The number of rotatable bonds is 8. The fraction of sp³-hybridized carbons (Fsp3) is 0.615. The minimum absolute atomic E-state index is 0.0825. The largest absolute Gasteiger partial charge is 0.396 e. The first-order valence-electron chi connectivity index (χ1n) is 6.64. The Morgan fingerprint density at radius 2 is 1.95 bits per heavy atom. The summed E-state index contributed by atoms with van der Waals surface area (Å²) >= 11 is 5.86. The van der Waals surface area contributed by atoms with E-state index in [0.29, 0.717) is 17.9 Å². The minimum atomic E-state index is -0.504. The van der Waals surface area contributed by atoms with Gasteiger partial charge in [-0.25, -0.2) is 4.98 Å². The van der Waals surface area contributed by atoms with Crippen LogP contribution in [0.15, 0.2) is 0 Å². The molecule has 1 aromatic rings. The van der Waals surface area contributed by atoms with Crippen molar-refractivity contribution in [1.82, 2.24) is 4.98 Å². The average molecular weight is 302 g/mol. The molecule has 1 rings (SSSR count). The van der Waals surface area contributed by atoms with Crippen LogP contribution in [0.3, 0.4) is 0 Å². The molecular formula is C13H20ClN3O3. The Labute approximate surface area is 123 Å². The highest BCUT2D eigenvalue weighted by molar-refractivity contribution is 6.32. The lowest BCUT2D eigenvalue weighted by molar-refractivity contribution is -0.384. The van der Waals surface area contributed by atoms with E-state index >= 15 is 0 Å². The van der Waals surface area contributed by atoms with Crippen LogP contribution in [0.2, 0.25) is 5.15 Å². The summed E-state index contributed by atoms with van der Waals surface area (Å²) in [6, 6.07) is 0. The van der Waals surface area contributed by atoms with Crippen molar-refractivity contribution in [2.45, 2.75) is 39.5 Å². The van der Waals surface area contributed by atoms with Crippen LogP contribution >= 0.6 is 11.6 Å². The molecule has 0 radical (unpaired) electrons. The maximum atomic E-state index is 11.1. The number of aryl methyl sites for hydroxylation is 1. The number of aliphatic hydroxyl groups is 1. The fourth-order valence-electron chi connectivity index (χ4n) is 1.93. The molecule has 0 aromatic carbocycles. The number of unbranched alkanes of at least 4 members (excludes halogenated alkanes) is 3. The summed E-state index contributed by atoms with van der Waals surface area (Å²) in [6.45, 7) is 4.40. The molecule has 7 heteroatoms. The minimum Gasteiger partial charge on any atom is -0.396 e. The molecule has 0 unspecified atom stereocenters. The summed E-state index contributed by atoms with van der Waals surface area (Å²) in [4.78, 5) is 14.6. The maximum absolute atomic E-state index is 11.1. The quantitative estimate of drug-likeness (QED) is 0.333. The second-order valence-corrected chi connectivity index (χ2v) is 5.02. The first-order chi connectivity index (χ1) is 9.49. The van der Waals surface area contributed by atoms with Crippen molar-refractivity contribution < 1.29 is 10.0 Å². The number of pyridine rings is 1. The summed E-state index contributed by atoms with van der Waals surface area (Å²) in [5, 5.41) is 22.8. The standard InChI is InChI=1S/C13H20ClN3O3/c1-9-10(2)16-13(14)12(17(19)20)11(9)15-7-5-3-4-6-8-18/h18H,3-8H2,1-2H3,(H,15,16). The molecule has 0 aliphatic carbocycles. The Kier molecular flexibility index (Phi) is 6.67. The Morgan fingerprint density at radius 3 is 2.55 bits per heavy atom. The number of nitro groups is 1. The lowest BCUT2D eigenvalue weighted by Crippen LogP contribution is -2.08. The van der Waals surface area contributed by atoms with E-state index in [1.54, 1.807) is 13.8 Å². The maximum Gasteiger partial charge on any atom is 0.329 e. The highest BCUT2D eigenvalue weighted by Crippen LogP contribution is 2.35. The van der Waals surface area contributed by atoms with Gasteiger partial charge < -0.3 is 10.4 Å². The van der Waals surface area contributed by atoms with Gasteiger partial charge in [0.25, 0.3) is 0 Å². The third-order valence-corrected chi connectivity index (χ3v) is 3.45. The average Bonchev–Trinajstić information content (AvgIpc) is 2.38. The zero-order valence-electron chi connectivity index (χ0n) is 11.8. The molecule has 1 heterocycles. The molecule has 0 saturated heterocycles. The molecule has 0 saturated carbocycles. The van der Waals surface area contributed by atoms with Crippen LogP contribution < -0.4 is 5.32 Å². The number of nitrogens with one attached hydrogen (secondary N) is 1. The van der Waals surface area contributed by atoms with Crippen molar-refractivity contribution in [2.75, 3.05) is 18.5 Å². The van der Waals surface area contributed by atoms with Gasteiger partial charge in [0.05, 0.1) is 4.92 Å². The van der Waals surface area contributed by atoms with E-state index in [0.717, 1.165) is 31.2 Å². The topological polar surface area (TPSA) is 88.3 Å². The molecule has 112 valence electrons. The van der Waals surface area contributed by atoms with Crippen LogP contribution in [0.25, 0.3) is 0 Å². The van der Waals surface area contributed by atoms with Crippen LogP contribution in [0, 0.1) is 24.0 Å². The normalized spacial score (nSPS) is 10.6. The molecule has 0 aliphatic rings. The molecule has 0 fully saturated rings. The molecule has 0 amide bonds. The van der Waals surface area contributed by atoms with Gasteiger partial charge in [0.15, 0.2) is 0 Å². The number of halogens is 1. The van der Waals surface area contributed by atoms with E-state index in [1.165, 1.54) is 0 Å². The molecule has 0 spiro atoms. The van der Waals surface area contributed by atoms with E-state index in [-0.39, 0.29) is 17.4 Å². The number of anilines is 1. The first-order valence-corrected chi connectivity index (χ1v) is 7.02. The third-order valence-electron chi connectivity index (χ3n) is 3.19. The van der Waals surface area contributed by atoms with E-state index < -0.39 is 4.92 Å². The fourth-order valence-corrected chi connectivity index (χ4v) is 2.22. The van der Waals surface area contributed by atoms with Crippen molar-refractivity contribution >= 4 is 23.0 Å². The Bertz CT molecular complexity index is 480. The number of hydrogen-bond acceptors (Lipinski definition) is 5. The Hall–Kier alpha value is -1.40. The van der Waals surface area contributed by atoms with Gasteiger partial charge in [0.2, 0.25) is 5.15 Å². The summed E-state index contributed by atoms with van der Waals surface area (Å²) < 4.78 is 0. The van der Waals surface area contributed by atoms with Crippen molar-refractivity contribution in [3.05, 3.63) is 26.5 Å².